The van der Waals surface area contributed by atoms with E-state index in [1.165, 1.54) is 38.3 Å². The first-order valence-corrected chi connectivity index (χ1v) is 8.19. The zero-order chi connectivity index (χ0) is 14.6. The summed E-state index contributed by atoms with van der Waals surface area (Å²) in [5.41, 5.74) is 0.724. The molecule has 0 aliphatic heterocycles. The number of rotatable bonds is 5. The van der Waals surface area contributed by atoms with Gasteiger partial charge in [0.2, 0.25) is 0 Å². The number of nitrogens with one attached hydrogen (secondary N) is 1. The van der Waals surface area contributed by atoms with Crippen molar-refractivity contribution in [2.75, 3.05) is 18.1 Å². The van der Waals surface area contributed by atoms with Crippen LogP contribution >= 0.6 is 11.8 Å². The van der Waals surface area contributed by atoms with Gasteiger partial charge in [-0.05, 0) is 32.1 Å². The molecule has 5 nitrogen and oxygen atoms in total. The molecule has 0 unspecified atom stereocenters. The minimum Gasteiger partial charge on any atom is -0.369 e. The van der Waals surface area contributed by atoms with E-state index in [1.54, 1.807) is 13.0 Å². The highest BCUT2D eigenvalue weighted by molar-refractivity contribution is 8.00. The van der Waals surface area contributed by atoms with E-state index < -0.39 is 4.92 Å². The molecule has 110 valence electrons. The molecule has 2 rings (SSSR count). The number of anilines is 1. The van der Waals surface area contributed by atoms with Crippen LogP contribution in [0.25, 0.3) is 0 Å². The average Bonchev–Trinajstić information content (AvgIpc) is 2.46. The molecular weight excluding hydrogens is 274 g/mol. The highest BCUT2D eigenvalue weighted by Gasteiger charge is 2.31. The van der Waals surface area contributed by atoms with Gasteiger partial charge in [0.25, 0.3) is 5.69 Å². The first-order valence-electron chi connectivity index (χ1n) is 6.96. The summed E-state index contributed by atoms with van der Waals surface area (Å²) in [5.74, 6) is 0.729. The van der Waals surface area contributed by atoms with Gasteiger partial charge in [0, 0.05) is 16.9 Å². The Kier molecular flexibility index (Phi) is 4.86. The Morgan fingerprint density at radius 3 is 2.70 bits per heavy atom. The van der Waals surface area contributed by atoms with Crippen LogP contribution in [0, 0.1) is 17.0 Å². The number of nitrogens with zero attached hydrogens (tertiary/aromatic N) is 2. The second-order valence-corrected chi connectivity index (χ2v) is 6.69. The van der Waals surface area contributed by atoms with E-state index in [4.69, 9.17) is 0 Å². The lowest BCUT2D eigenvalue weighted by molar-refractivity contribution is -0.385. The van der Waals surface area contributed by atoms with E-state index in [9.17, 15) is 10.1 Å². The van der Waals surface area contributed by atoms with Crippen molar-refractivity contribution in [3.8, 4) is 0 Å². The smallest absolute Gasteiger partial charge is 0.290 e. The lowest BCUT2D eigenvalue weighted by atomic mass is 9.88. The molecule has 0 saturated heterocycles. The Morgan fingerprint density at radius 2 is 2.15 bits per heavy atom. The van der Waals surface area contributed by atoms with Gasteiger partial charge in [-0.1, -0.05) is 19.3 Å². The normalized spacial score (nSPS) is 17.7. The highest BCUT2D eigenvalue weighted by atomic mass is 32.2. The highest BCUT2D eigenvalue weighted by Crippen LogP contribution is 2.38. The zero-order valence-electron chi connectivity index (χ0n) is 12.0. The van der Waals surface area contributed by atoms with Crippen LogP contribution in [0.5, 0.6) is 0 Å². The summed E-state index contributed by atoms with van der Waals surface area (Å²) in [6.45, 7) is 2.62. The van der Waals surface area contributed by atoms with Crippen LogP contribution in [0.1, 0.15) is 37.7 Å². The van der Waals surface area contributed by atoms with Crippen LogP contribution < -0.4 is 5.32 Å². The molecule has 1 aromatic heterocycles. The van der Waals surface area contributed by atoms with Gasteiger partial charge in [0.1, 0.15) is 12.0 Å². The molecule has 1 aliphatic rings. The molecule has 20 heavy (non-hydrogen) atoms. The molecule has 1 fully saturated rings. The average molecular weight is 295 g/mol. The first kappa shape index (κ1) is 15.1. The molecule has 1 aromatic rings. The molecule has 1 saturated carbocycles. The maximum atomic E-state index is 10.8. The monoisotopic (exact) mass is 295 g/mol. The van der Waals surface area contributed by atoms with E-state index in [0.29, 0.717) is 5.56 Å². The standard InChI is InChI=1S/C14H21N3O2S/c1-11-8-13(15-9-12(11)17(18)19)16-10-14(20-2)6-4-3-5-7-14/h8-9H,3-7,10H2,1-2H3,(H,15,16). The number of pyridine rings is 1. The van der Waals surface area contributed by atoms with Gasteiger partial charge in [-0.3, -0.25) is 10.1 Å². The fraction of sp³-hybridized carbons (Fsp3) is 0.643. The summed E-state index contributed by atoms with van der Waals surface area (Å²) in [4.78, 5) is 14.5. The second-order valence-electron chi connectivity index (χ2n) is 5.41. The van der Waals surface area contributed by atoms with E-state index >= 15 is 0 Å². The predicted octanol–water partition coefficient (Wildman–Crippen LogP) is 3.78. The van der Waals surface area contributed by atoms with E-state index in [-0.39, 0.29) is 10.4 Å². The molecule has 1 aliphatic carbocycles. The van der Waals surface area contributed by atoms with Crippen molar-refractivity contribution in [1.82, 2.24) is 4.98 Å². The Balaban J connectivity index is 2.03. The van der Waals surface area contributed by atoms with Gasteiger partial charge in [0.05, 0.1) is 4.92 Å². The molecule has 0 radical (unpaired) electrons. The van der Waals surface area contributed by atoms with E-state index in [0.717, 1.165) is 12.4 Å². The summed E-state index contributed by atoms with van der Waals surface area (Å²) in [6.07, 6.45) is 9.87. The van der Waals surface area contributed by atoms with Gasteiger partial charge in [-0.15, -0.1) is 0 Å². The molecule has 0 spiro atoms. The molecule has 1 heterocycles. The van der Waals surface area contributed by atoms with Crippen molar-refractivity contribution in [1.29, 1.82) is 0 Å². The molecule has 0 amide bonds. The maximum Gasteiger partial charge on any atom is 0.290 e. The molecule has 0 atom stereocenters. The minimum atomic E-state index is -0.392. The van der Waals surface area contributed by atoms with E-state index in [2.05, 4.69) is 16.6 Å². The number of nitro groups is 1. The number of hydrogen-bond donors (Lipinski definition) is 1. The van der Waals surface area contributed by atoms with Gasteiger partial charge < -0.3 is 5.32 Å². The lowest BCUT2D eigenvalue weighted by Gasteiger charge is -2.36. The number of aromatic nitrogens is 1. The largest absolute Gasteiger partial charge is 0.369 e. The van der Waals surface area contributed by atoms with Crippen LogP contribution in [0.4, 0.5) is 11.5 Å². The fourth-order valence-corrected chi connectivity index (χ4v) is 3.65. The van der Waals surface area contributed by atoms with Crippen molar-refractivity contribution in [2.45, 2.75) is 43.8 Å². The summed E-state index contributed by atoms with van der Waals surface area (Å²) in [7, 11) is 0. The van der Waals surface area contributed by atoms with Crippen molar-refractivity contribution < 1.29 is 4.92 Å². The fourth-order valence-electron chi connectivity index (χ4n) is 2.74. The quantitative estimate of drug-likeness (QED) is 0.661. The van der Waals surface area contributed by atoms with Crippen molar-refractivity contribution in [3.05, 3.63) is 27.9 Å². The molecule has 1 N–H and O–H groups in total. The number of thioether (sulfide) groups is 1. The van der Waals surface area contributed by atoms with Crippen LogP contribution in [0.15, 0.2) is 12.3 Å². The summed E-state index contributed by atoms with van der Waals surface area (Å²) >= 11 is 1.93. The van der Waals surface area contributed by atoms with Crippen LogP contribution in [-0.4, -0.2) is 27.5 Å². The topological polar surface area (TPSA) is 68.1 Å². The number of hydrogen-bond acceptors (Lipinski definition) is 5. The van der Waals surface area contributed by atoms with Crippen molar-refractivity contribution in [2.24, 2.45) is 0 Å². The molecule has 6 heteroatoms. The Labute approximate surface area is 123 Å². The SMILES string of the molecule is CSC1(CNc2cc(C)c([N+](=O)[O-])cn2)CCCCC1. The van der Waals surface area contributed by atoms with Gasteiger partial charge >= 0.3 is 0 Å². The van der Waals surface area contributed by atoms with Gasteiger partial charge in [0.15, 0.2) is 0 Å². The van der Waals surface area contributed by atoms with Crippen molar-refractivity contribution in [3.63, 3.8) is 0 Å². The van der Waals surface area contributed by atoms with E-state index in [1.807, 2.05) is 11.8 Å². The third kappa shape index (κ3) is 3.42. The zero-order valence-corrected chi connectivity index (χ0v) is 12.8. The minimum absolute atomic E-state index is 0.0767. The number of aryl methyl sites for hydroxylation is 1. The Morgan fingerprint density at radius 1 is 1.45 bits per heavy atom. The Bertz CT molecular complexity index is 487. The van der Waals surface area contributed by atoms with Crippen LogP contribution in [0.2, 0.25) is 0 Å². The third-order valence-corrected chi connectivity index (χ3v) is 5.49. The summed E-state index contributed by atoms with van der Waals surface area (Å²) in [6, 6.07) is 1.76. The summed E-state index contributed by atoms with van der Waals surface area (Å²) in [5, 5.41) is 14.1. The molecule has 0 bridgehead atoms. The first-order chi connectivity index (χ1) is 9.56. The van der Waals surface area contributed by atoms with Crippen LogP contribution in [-0.2, 0) is 0 Å². The van der Waals surface area contributed by atoms with Gasteiger partial charge in [-0.2, -0.15) is 11.8 Å². The third-order valence-electron chi connectivity index (χ3n) is 4.07. The predicted molar refractivity (Wildman–Crippen MR) is 83.4 cm³/mol. The second kappa shape index (κ2) is 6.43. The molecule has 0 aromatic carbocycles. The molecular formula is C14H21N3O2S. The summed E-state index contributed by atoms with van der Waals surface area (Å²) < 4.78 is 0.287. The lowest BCUT2D eigenvalue weighted by Crippen LogP contribution is -2.35. The maximum absolute atomic E-state index is 10.8. The van der Waals surface area contributed by atoms with Crippen LogP contribution in [0.3, 0.4) is 0 Å². The van der Waals surface area contributed by atoms with Gasteiger partial charge in [-0.25, -0.2) is 4.98 Å². The Hall–Kier alpha value is -1.30. The van der Waals surface area contributed by atoms with Crippen molar-refractivity contribution >= 4 is 23.3 Å².